The van der Waals surface area contributed by atoms with Gasteiger partial charge >= 0.3 is 0 Å². The molecule has 0 amide bonds. The minimum absolute atomic E-state index is 0.167. The van der Waals surface area contributed by atoms with Crippen LogP contribution in [0.2, 0.25) is 0 Å². The highest BCUT2D eigenvalue weighted by atomic mass is 16.6. The normalized spacial score (nSPS) is 19.9. The van der Waals surface area contributed by atoms with Gasteiger partial charge in [0, 0.05) is 30.9 Å². The van der Waals surface area contributed by atoms with Crippen LogP contribution < -0.4 is 10.6 Å². The smallest absolute Gasteiger partial charge is 0.271 e. The first-order valence-corrected chi connectivity index (χ1v) is 6.31. The molecule has 1 aliphatic heterocycles. The molecule has 0 radical (unpaired) electrons. The van der Waals surface area contributed by atoms with Gasteiger partial charge in [-0.1, -0.05) is 0 Å². The molecule has 0 spiro atoms. The van der Waals surface area contributed by atoms with E-state index in [1.54, 1.807) is 12.1 Å². The van der Waals surface area contributed by atoms with Crippen molar-refractivity contribution in [2.24, 2.45) is 11.7 Å². The van der Waals surface area contributed by atoms with Crippen LogP contribution in [0.4, 0.5) is 11.4 Å². The summed E-state index contributed by atoms with van der Waals surface area (Å²) in [6.07, 6.45) is 2.25. The number of aryl methyl sites for hydroxylation is 1. The summed E-state index contributed by atoms with van der Waals surface area (Å²) in [7, 11) is 0. The average molecular weight is 249 g/mol. The molecular weight excluding hydrogens is 230 g/mol. The summed E-state index contributed by atoms with van der Waals surface area (Å²) in [4.78, 5) is 12.8. The summed E-state index contributed by atoms with van der Waals surface area (Å²) >= 11 is 0. The minimum Gasteiger partial charge on any atom is -0.371 e. The largest absolute Gasteiger partial charge is 0.371 e. The van der Waals surface area contributed by atoms with E-state index in [0.717, 1.165) is 37.2 Å². The van der Waals surface area contributed by atoms with Crippen LogP contribution in [-0.2, 0) is 0 Å². The number of nitrogens with zero attached hydrogens (tertiary/aromatic N) is 2. The molecule has 5 nitrogen and oxygen atoms in total. The zero-order valence-electron chi connectivity index (χ0n) is 10.6. The molecule has 5 heteroatoms. The number of nitro groups is 1. The van der Waals surface area contributed by atoms with Gasteiger partial charge < -0.3 is 10.6 Å². The molecular formula is C13H19N3O2. The van der Waals surface area contributed by atoms with Crippen molar-refractivity contribution in [3.8, 4) is 0 Å². The molecule has 2 rings (SSSR count). The van der Waals surface area contributed by atoms with E-state index < -0.39 is 0 Å². The van der Waals surface area contributed by atoms with Gasteiger partial charge in [-0.2, -0.15) is 0 Å². The molecule has 1 heterocycles. The first-order chi connectivity index (χ1) is 8.60. The fourth-order valence-corrected chi connectivity index (χ4v) is 2.52. The van der Waals surface area contributed by atoms with E-state index in [4.69, 9.17) is 5.73 Å². The second-order valence-corrected chi connectivity index (χ2v) is 4.97. The Morgan fingerprint density at radius 3 is 2.94 bits per heavy atom. The Labute approximate surface area is 107 Å². The zero-order valence-corrected chi connectivity index (χ0v) is 10.6. The van der Waals surface area contributed by atoms with Crippen molar-refractivity contribution in [3.05, 3.63) is 33.9 Å². The summed E-state index contributed by atoms with van der Waals surface area (Å²) in [5.41, 5.74) is 7.75. The first kappa shape index (κ1) is 12.8. The third kappa shape index (κ3) is 2.79. The van der Waals surface area contributed by atoms with Crippen LogP contribution in [0.3, 0.4) is 0 Å². The summed E-state index contributed by atoms with van der Waals surface area (Å²) < 4.78 is 0. The topological polar surface area (TPSA) is 72.4 Å². The van der Waals surface area contributed by atoms with Gasteiger partial charge in [0.2, 0.25) is 0 Å². The van der Waals surface area contributed by atoms with E-state index >= 15 is 0 Å². The third-order valence-electron chi connectivity index (χ3n) is 3.48. The number of nitro benzene ring substituents is 1. The van der Waals surface area contributed by atoms with E-state index in [-0.39, 0.29) is 10.6 Å². The van der Waals surface area contributed by atoms with Crippen LogP contribution in [0.25, 0.3) is 0 Å². The number of anilines is 1. The molecule has 0 aromatic heterocycles. The summed E-state index contributed by atoms with van der Waals surface area (Å²) in [5, 5.41) is 10.9. The van der Waals surface area contributed by atoms with Gasteiger partial charge in [-0.25, -0.2) is 0 Å². The van der Waals surface area contributed by atoms with E-state index in [9.17, 15) is 10.1 Å². The highest BCUT2D eigenvalue weighted by Crippen LogP contribution is 2.27. The van der Waals surface area contributed by atoms with Crippen molar-refractivity contribution >= 4 is 11.4 Å². The van der Waals surface area contributed by atoms with Crippen molar-refractivity contribution in [2.75, 3.05) is 24.5 Å². The molecule has 0 saturated carbocycles. The summed E-state index contributed by atoms with van der Waals surface area (Å²) in [6, 6.07) is 5.27. The molecule has 0 aliphatic carbocycles. The van der Waals surface area contributed by atoms with E-state index in [0.29, 0.717) is 12.5 Å². The molecule has 1 aliphatic rings. The standard InChI is InChI=1S/C13H19N3O2/c1-10-5-12(7-13(6-10)16(17)18)15-4-2-3-11(8-14)9-15/h5-7,11H,2-4,8-9,14H2,1H3. The average Bonchev–Trinajstić information content (AvgIpc) is 2.38. The van der Waals surface area contributed by atoms with Crippen LogP contribution >= 0.6 is 0 Å². The second-order valence-electron chi connectivity index (χ2n) is 4.97. The number of nitrogens with two attached hydrogens (primary N) is 1. The van der Waals surface area contributed by atoms with Gasteiger partial charge in [-0.15, -0.1) is 0 Å². The van der Waals surface area contributed by atoms with Crippen molar-refractivity contribution in [1.29, 1.82) is 0 Å². The lowest BCUT2D eigenvalue weighted by atomic mass is 9.97. The Hall–Kier alpha value is -1.62. The van der Waals surface area contributed by atoms with Gasteiger partial charge in [0.25, 0.3) is 5.69 Å². The van der Waals surface area contributed by atoms with Gasteiger partial charge in [0.15, 0.2) is 0 Å². The zero-order chi connectivity index (χ0) is 13.1. The lowest BCUT2D eigenvalue weighted by Crippen LogP contribution is -2.38. The Balaban J connectivity index is 2.24. The maximum Gasteiger partial charge on any atom is 0.271 e. The molecule has 1 unspecified atom stereocenters. The van der Waals surface area contributed by atoms with Crippen molar-refractivity contribution in [3.63, 3.8) is 0 Å². The fourth-order valence-electron chi connectivity index (χ4n) is 2.52. The maximum absolute atomic E-state index is 10.9. The molecule has 2 N–H and O–H groups in total. The Kier molecular flexibility index (Phi) is 3.81. The van der Waals surface area contributed by atoms with Crippen LogP contribution in [0.15, 0.2) is 18.2 Å². The summed E-state index contributed by atoms with van der Waals surface area (Å²) in [6.45, 7) is 4.43. The van der Waals surface area contributed by atoms with Gasteiger partial charge in [-0.05, 0) is 43.9 Å². The van der Waals surface area contributed by atoms with E-state index in [1.165, 1.54) is 0 Å². The van der Waals surface area contributed by atoms with E-state index in [1.807, 2.05) is 13.0 Å². The van der Waals surface area contributed by atoms with Crippen LogP contribution in [0.5, 0.6) is 0 Å². The van der Waals surface area contributed by atoms with E-state index in [2.05, 4.69) is 4.90 Å². The highest BCUT2D eigenvalue weighted by Gasteiger charge is 2.20. The SMILES string of the molecule is Cc1cc(N2CCCC(CN)C2)cc([N+](=O)[O-])c1. The van der Waals surface area contributed by atoms with Crippen molar-refractivity contribution in [2.45, 2.75) is 19.8 Å². The quantitative estimate of drug-likeness (QED) is 0.657. The molecule has 1 saturated heterocycles. The summed E-state index contributed by atoms with van der Waals surface area (Å²) in [5.74, 6) is 0.498. The minimum atomic E-state index is -0.332. The number of piperidine rings is 1. The fraction of sp³-hybridized carbons (Fsp3) is 0.538. The van der Waals surface area contributed by atoms with Crippen LogP contribution in [-0.4, -0.2) is 24.6 Å². The Morgan fingerprint density at radius 1 is 1.50 bits per heavy atom. The number of benzene rings is 1. The molecule has 1 atom stereocenters. The van der Waals surface area contributed by atoms with Gasteiger partial charge in [0.1, 0.15) is 0 Å². The maximum atomic E-state index is 10.9. The molecule has 98 valence electrons. The second kappa shape index (κ2) is 5.35. The molecule has 1 fully saturated rings. The first-order valence-electron chi connectivity index (χ1n) is 6.31. The third-order valence-corrected chi connectivity index (χ3v) is 3.48. The Bertz CT molecular complexity index is 448. The van der Waals surface area contributed by atoms with Gasteiger partial charge in [0.05, 0.1) is 4.92 Å². The number of non-ortho nitro benzene ring substituents is 1. The number of hydrogen-bond donors (Lipinski definition) is 1. The highest BCUT2D eigenvalue weighted by molar-refractivity contribution is 5.56. The predicted molar refractivity (Wildman–Crippen MR) is 71.8 cm³/mol. The molecule has 1 aromatic carbocycles. The van der Waals surface area contributed by atoms with Crippen molar-refractivity contribution < 1.29 is 4.92 Å². The monoisotopic (exact) mass is 249 g/mol. The predicted octanol–water partition coefficient (Wildman–Crippen LogP) is 2.08. The van der Waals surface area contributed by atoms with Crippen LogP contribution in [0.1, 0.15) is 18.4 Å². The lowest BCUT2D eigenvalue weighted by molar-refractivity contribution is -0.384. The Morgan fingerprint density at radius 2 is 2.28 bits per heavy atom. The van der Waals surface area contributed by atoms with Crippen LogP contribution in [0, 0.1) is 23.0 Å². The molecule has 18 heavy (non-hydrogen) atoms. The lowest BCUT2D eigenvalue weighted by Gasteiger charge is -2.34. The molecule has 0 bridgehead atoms. The number of rotatable bonds is 3. The van der Waals surface area contributed by atoms with Crippen molar-refractivity contribution in [1.82, 2.24) is 0 Å². The molecule has 1 aromatic rings. The van der Waals surface area contributed by atoms with Gasteiger partial charge in [-0.3, -0.25) is 10.1 Å². The number of hydrogen-bond acceptors (Lipinski definition) is 4.